The molecule has 0 bridgehead atoms. The maximum atomic E-state index is 13.9. The quantitative estimate of drug-likeness (QED) is 0.611. The topological polar surface area (TPSA) is 65.6 Å². The normalized spacial score (nSPS) is 24.4. The lowest BCUT2D eigenvalue weighted by Crippen LogP contribution is -2.49. The number of urea groups is 1. The van der Waals surface area contributed by atoms with Crippen LogP contribution in [-0.2, 0) is 10.9 Å². The van der Waals surface area contributed by atoms with Crippen LogP contribution in [0.15, 0.2) is 48.5 Å². The summed E-state index contributed by atoms with van der Waals surface area (Å²) in [4.78, 5) is 14.2. The number of amides is 2. The van der Waals surface area contributed by atoms with Crippen molar-refractivity contribution in [2.75, 3.05) is 32.5 Å². The molecule has 2 aliphatic heterocycles. The van der Waals surface area contributed by atoms with Gasteiger partial charge in [-0.25, -0.2) is 4.79 Å². The smallest absolute Gasteiger partial charge is 0.378 e. The fourth-order valence-electron chi connectivity index (χ4n) is 4.67. The lowest BCUT2D eigenvalue weighted by molar-refractivity contribution is -0.144. The van der Waals surface area contributed by atoms with Gasteiger partial charge in [-0.15, -0.1) is 0 Å². The van der Waals surface area contributed by atoms with Crippen LogP contribution < -0.4 is 16.0 Å². The summed E-state index contributed by atoms with van der Waals surface area (Å²) in [6, 6.07) is 13.3. The van der Waals surface area contributed by atoms with Crippen LogP contribution in [0.4, 0.5) is 23.7 Å². The Kier molecular flexibility index (Phi) is 6.81. The zero-order valence-electron chi connectivity index (χ0n) is 18.7. The van der Waals surface area contributed by atoms with Crippen LogP contribution in [-0.4, -0.2) is 44.3 Å². The molecule has 0 saturated carbocycles. The molecule has 1 saturated heterocycles. The third-order valence-corrected chi connectivity index (χ3v) is 6.19. The summed E-state index contributed by atoms with van der Waals surface area (Å²) in [5.74, 6) is -0.210. The zero-order valence-corrected chi connectivity index (χ0v) is 18.7. The van der Waals surface area contributed by atoms with E-state index in [0.717, 1.165) is 11.6 Å². The Bertz CT molecular complexity index is 968. The van der Waals surface area contributed by atoms with E-state index in [4.69, 9.17) is 4.74 Å². The SMILES string of the molecule is CN(C)CCNC(=O)N[C@H]1CC[C@@H]2[C@H](O1)c1c(cccc1C(F)(F)F)N[C@H]2c1ccccc1. The first kappa shape index (κ1) is 23.4. The zero-order chi connectivity index (χ0) is 23.6. The lowest BCUT2D eigenvalue weighted by atomic mass is 9.76. The van der Waals surface area contributed by atoms with Crippen LogP contribution in [0.5, 0.6) is 0 Å². The number of likely N-dealkylation sites (N-methyl/N-ethyl adjacent to an activating group) is 1. The summed E-state index contributed by atoms with van der Waals surface area (Å²) in [5, 5.41) is 8.87. The van der Waals surface area contributed by atoms with Gasteiger partial charge in [0.1, 0.15) is 6.23 Å². The molecule has 4 atom stereocenters. The molecule has 2 amide bonds. The Morgan fingerprint density at radius 1 is 1.12 bits per heavy atom. The van der Waals surface area contributed by atoms with Gasteiger partial charge in [0.25, 0.3) is 0 Å². The molecule has 0 unspecified atom stereocenters. The molecule has 178 valence electrons. The molecule has 0 aromatic heterocycles. The monoisotopic (exact) mass is 462 g/mol. The average molecular weight is 463 g/mol. The maximum Gasteiger partial charge on any atom is 0.416 e. The molecule has 2 aromatic carbocycles. The molecule has 1 fully saturated rings. The number of anilines is 1. The minimum atomic E-state index is -4.51. The molecule has 33 heavy (non-hydrogen) atoms. The largest absolute Gasteiger partial charge is 0.416 e. The number of carbonyl (C=O) groups excluding carboxylic acids is 1. The van der Waals surface area contributed by atoms with Gasteiger partial charge >= 0.3 is 12.2 Å². The third kappa shape index (κ3) is 5.25. The van der Waals surface area contributed by atoms with Crippen molar-refractivity contribution in [3.8, 4) is 0 Å². The number of ether oxygens (including phenoxy) is 1. The minimum absolute atomic E-state index is 0.113. The van der Waals surface area contributed by atoms with E-state index >= 15 is 0 Å². The minimum Gasteiger partial charge on any atom is -0.378 e. The van der Waals surface area contributed by atoms with Gasteiger partial charge in [0.05, 0.1) is 17.7 Å². The highest BCUT2D eigenvalue weighted by Gasteiger charge is 2.47. The molecule has 0 aliphatic carbocycles. The summed E-state index contributed by atoms with van der Waals surface area (Å²) < 4.78 is 47.9. The molecule has 6 nitrogen and oxygen atoms in total. The van der Waals surface area contributed by atoms with Gasteiger partial charge in [-0.1, -0.05) is 36.4 Å². The fraction of sp³-hybridized carbons (Fsp3) is 0.458. The van der Waals surface area contributed by atoms with Crippen LogP contribution in [0.25, 0.3) is 0 Å². The number of hydrogen-bond acceptors (Lipinski definition) is 4. The van der Waals surface area contributed by atoms with E-state index < -0.39 is 30.1 Å². The molecule has 3 N–H and O–H groups in total. The number of rotatable bonds is 5. The first-order valence-corrected chi connectivity index (χ1v) is 11.1. The second-order valence-corrected chi connectivity index (χ2v) is 8.79. The first-order valence-electron chi connectivity index (χ1n) is 11.1. The van der Waals surface area contributed by atoms with Crippen LogP contribution in [0.2, 0.25) is 0 Å². The van der Waals surface area contributed by atoms with E-state index in [2.05, 4.69) is 16.0 Å². The van der Waals surface area contributed by atoms with Crippen LogP contribution in [0.3, 0.4) is 0 Å². The summed E-state index contributed by atoms with van der Waals surface area (Å²) in [6.45, 7) is 1.13. The van der Waals surface area contributed by atoms with Gasteiger partial charge in [0.15, 0.2) is 0 Å². The van der Waals surface area contributed by atoms with Gasteiger partial charge in [-0.2, -0.15) is 13.2 Å². The highest BCUT2D eigenvalue weighted by molar-refractivity contribution is 5.74. The van der Waals surface area contributed by atoms with Crippen LogP contribution in [0, 0.1) is 5.92 Å². The predicted molar refractivity (Wildman–Crippen MR) is 120 cm³/mol. The Balaban J connectivity index is 1.61. The summed E-state index contributed by atoms with van der Waals surface area (Å²) in [5.41, 5.74) is 0.815. The number of carbonyl (C=O) groups is 1. The van der Waals surface area contributed by atoms with Crippen molar-refractivity contribution in [1.29, 1.82) is 0 Å². The number of fused-ring (bicyclic) bond motifs is 3. The van der Waals surface area contributed by atoms with Crippen molar-refractivity contribution < 1.29 is 22.7 Å². The fourth-order valence-corrected chi connectivity index (χ4v) is 4.67. The molecule has 4 rings (SSSR count). The molecule has 2 aromatic rings. The van der Waals surface area contributed by atoms with Gasteiger partial charge in [0.2, 0.25) is 0 Å². The first-order chi connectivity index (χ1) is 15.7. The highest BCUT2D eigenvalue weighted by atomic mass is 19.4. The molecule has 9 heteroatoms. The van der Waals surface area contributed by atoms with Gasteiger partial charge in [-0.05, 0) is 44.6 Å². The van der Waals surface area contributed by atoms with Gasteiger partial charge in [-0.3, -0.25) is 0 Å². The van der Waals surface area contributed by atoms with Crippen molar-refractivity contribution >= 4 is 11.7 Å². The van der Waals surface area contributed by atoms with Crippen molar-refractivity contribution in [3.05, 3.63) is 65.2 Å². The third-order valence-electron chi connectivity index (χ3n) is 6.19. The summed E-state index contributed by atoms with van der Waals surface area (Å²) >= 11 is 0. The number of alkyl halides is 3. The molecule has 2 aliphatic rings. The maximum absolute atomic E-state index is 13.9. The molecule has 0 radical (unpaired) electrons. The second-order valence-electron chi connectivity index (χ2n) is 8.79. The van der Waals surface area contributed by atoms with Gasteiger partial charge < -0.3 is 25.6 Å². The van der Waals surface area contributed by atoms with Crippen LogP contribution in [0.1, 0.15) is 41.7 Å². The van der Waals surface area contributed by atoms with Crippen molar-refractivity contribution in [1.82, 2.24) is 15.5 Å². The van der Waals surface area contributed by atoms with E-state index in [1.165, 1.54) is 6.07 Å². The Labute approximate surface area is 191 Å². The van der Waals surface area contributed by atoms with E-state index in [1.807, 2.05) is 49.3 Å². The number of nitrogens with one attached hydrogen (secondary N) is 3. The number of halogens is 3. The second kappa shape index (κ2) is 9.61. The van der Waals surface area contributed by atoms with Crippen molar-refractivity contribution in [3.63, 3.8) is 0 Å². The van der Waals surface area contributed by atoms with E-state index in [1.54, 1.807) is 6.07 Å². The molecular formula is C24H29F3N4O2. The number of benzene rings is 2. The van der Waals surface area contributed by atoms with E-state index in [9.17, 15) is 18.0 Å². The standard InChI is InChI=1S/C24H29F3N4O2/c1-31(2)14-13-28-23(32)30-19-12-11-16-21(15-7-4-3-5-8-15)29-18-10-6-9-17(24(25,26)27)20(18)22(16)33-19/h3-10,16,19,21-22,29H,11-14H2,1-2H3,(H2,28,30,32)/t16-,19+,21-,22-/m0/s1. The number of hydrogen-bond donors (Lipinski definition) is 3. The molecule has 2 heterocycles. The Hall–Kier alpha value is -2.78. The Morgan fingerprint density at radius 3 is 2.58 bits per heavy atom. The van der Waals surface area contributed by atoms with Crippen molar-refractivity contribution in [2.45, 2.75) is 37.4 Å². The van der Waals surface area contributed by atoms with E-state index in [-0.39, 0.29) is 17.5 Å². The Morgan fingerprint density at radius 2 is 1.88 bits per heavy atom. The van der Waals surface area contributed by atoms with Crippen LogP contribution >= 0.6 is 0 Å². The molecular weight excluding hydrogens is 433 g/mol. The van der Waals surface area contributed by atoms with E-state index in [0.29, 0.717) is 31.6 Å². The van der Waals surface area contributed by atoms with Crippen molar-refractivity contribution in [2.24, 2.45) is 5.92 Å². The summed E-state index contributed by atoms with van der Waals surface area (Å²) in [7, 11) is 3.81. The highest BCUT2D eigenvalue weighted by Crippen LogP contribution is 2.53. The average Bonchev–Trinajstić information content (AvgIpc) is 2.77. The van der Waals surface area contributed by atoms with Gasteiger partial charge in [0, 0.05) is 30.3 Å². The summed E-state index contributed by atoms with van der Waals surface area (Å²) in [6.07, 6.45) is -4.87. The lowest BCUT2D eigenvalue weighted by Gasteiger charge is -2.46. The predicted octanol–water partition coefficient (Wildman–Crippen LogP) is 4.53. The number of nitrogens with zero attached hydrogens (tertiary/aromatic N) is 1. The molecule has 0 spiro atoms.